The summed E-state index contributed by atoms with van der Waals surface area (Å²) in [6, 6.07) is 7.97. The molecule has 1 N–H and O–H groups in total. The summed E-state index contributed by atoms with van der Waals surface area (Å²) in [5, 5.41) is 11.5. The number of para-hydroxylation sites is 2. The average molecular weight is 286 g/mol. The number of nitrogens with zero attached hydrogens (tertiary/aromatic N) is 1. The number of halogens is 3. The minimum absolute atomic E-state index is 0.193. The number of benzene rings is 1. The predicted octanol–water partition coefficient (Wildman–Crippen LogP) is 4.33. The van der Waals surface area contributed by atoms with E-state index in [9.17, 15) is 13.2 Å². The quantitative estimate of drug-likeness (QED) is 0.846. The number of alkyl halides is 3. The molecule has 3 nitrogen and oxygen atoms in total. The molecule has 0 aromatic heterocycles. The Hall–Kier alpha value is -1.90. The van der Waals surface area contributed by atoms with Crippen LogP contribution in [0.3, 0.4) is 0 Å². The average Bonchev–Trinajstić information content (AvgIpc) is 2.34. The Balaban J connectivity index is 2.71. The summed E-state index contributed by atoms with van der Waals surface area (Å²) in [5.41, 5.74) is 0.0935. The highest BCUT2D eigenvalue weighted by molar-refractivity contribution is 5.56. The van der Waals surface area contributed by atoms with Gasteiger partial charge in [-0.05, 0) is 24.0 Å². The summed E-state index contributed by atoms with van der Waals surface area (Å²) < 4.78 is 40.8. The lowest BCUT2D eigenvalue weighted by atomic mass is 9.88. The molecule has 0 aliphatic heterocycles. The SMILES string of the molecule is CC(C)(CCC#N)CNc1ccccc1OC(F)(F)F. The van der Waals surface area contributed by atoms with E-state index in [-0.39, 0.29) is 16.9 Å². The number of rotatable bonds is 6. The van der Waals surface area contributed by atoms with Gasteiger partial charge in [-0.3, -0.25) is 0 Å². The van der Waals surface area contributed by atoms with Gasteiger partial charge in [0.05, 0.1) is 11.8 Å². The highest BCUT2D eigenvalue weighted by Gasteiger charge is 2.32. The van der Waals surface area contributed by atoms with Crippen molar-refractivity contribution in [3.63, 3.8) is 0 Å². The van der Waals surface area contributed by atoms with Crippen molar-refractivity contribution in [2.24, 2.45) is 5.41 Å². The number of nitriles is 1. The lowest BCUT2D eigenvalue weighted by molar-refractivity contribution is -0.274. The number of ether oxygens (including phenoxy) is 1. The molecule has 0 bridgehead atoms. The fraction of sp³-hybridized carbons (Fsp3) is 0.500. The zero-order valence-electron chi connectivity index (χ0n) is 11.4. The first-order chi connectivity index (χ1) is 9.23. The molecule has 0 spiro atoms. The molecule has 0 saturated carbocycles. The van der Waals surface area contributed by atoms with E-state index < -0.39 is 6.36 Å². The van der Waals surface area contributed by atoms with Gasteiger partial charge in [0, 0.05) is 13.0 Å². The molecule has 20 heavy (non-hydrogen) atoms. The second kappa shape index (κ2) is 6.51. The van der Waals surface area contributed by atoms with E-state index >= 15 is 0 Å². The van der Waals surface area contributed by atoms with Crippen molar-refractivity contribution in [3.05, 3.63) is 24.3 Å². The molecule has 0 atom stereocenters. The van der Waals surface area contributed by atoms with Crippen molar-refractivity contribution >= 4 is 5.69 Å². The Bertz CT molecular complexity index is 478. The highest BCUT2D eigenvalue weighted by Crippen LogP contribution is 2.31. The Kier molecular flexibility index (Phi) is 5.26. The van der Waals surface area contributed by atoms with Gasteiger partial charge in [-0.15, -0.1) is 13.2 Å². The summed E-state index contributed by atoms with van der Waals surface area (Å²) in [6.45, 7) is 4.35. The van der Waals surface area contributed by atoms with Crippen molar-refractivity contribution in [2.75, 3.05) is 11.9 Å². The summed E-state index contributed by atoms with van der Waals surface area (Å²) >= 11 is 0. The maximum atomic E-state index is 12.3. The normalized spacial score (nSPS) is 11.8. The zero-order valence-corrected chi connectivity index (χ0v) is 11.4. The van der Waals surface area contributed by atoms with Crippen LogP contribution in [-0.4, -0.2) is 12.9 Å². The van der Waals surface area contributed by atoms with Crippen molar-refractivity contribution in [3.8, 4) is 11.8 Å². The lowest BCUT2D eigenvalue weighted by Gasteiger charge is -2.25. The topological polar surface area (TPSA) is 45.0 Å². The van der Waals surface area contributed by atoms with Gasteiger partial charge in [-0.1, -0.05) is 26.0 Å². The molecule has 1 aromatic carbocycles. The first kappa shape index (κ1) is 16.2. The van der Waals surface area contributed by atoms with Crippen molar-refractivity contribution in [1.82, 2.24) is 0 Å². The molecule has 0 heterocycles. The van der Waals surface area contributed by atoms with E-state index in [0.717, 1.165) is 0 Å². The molecule has 0 aliphatic rings. The third kappa shape index (κ3) is 5.83. The first-order valence-electron chi connectivity index (χ1n) is 6.19. The fourth-order valence-corrected chi connectivity index (χ4v) is 1.64. The molecule has 0 aliphatic carbocycles. The van der Waals surface area contributed by atoms with Gasteiger partial charge in [0.2, 0.25) is 0 Å². The van der Waals surface area contributed by atoms with E-state index in [4.69, 9.17) is 5.26 Å². The van der Waals surface area contributed by atoms with E-state index in [2.05, 4.69) is 16.1 Å². The standard InChI is InChI=1S/C14H17F3N2O/c1-13(2,8-5-9-18)10-19-11-6-3-4-7-12(11)20-14(15,16)17/h3-4,6-7,19H,5,8,10H2,1-2H3. The number of nitrogens with one attached hydrogen (secondary N) is 1. The zero-order chi connectivity index (χ0) is 15.2. The minimum Gasteiger partial charge on any atom is -0.404 e. The van der Waals surface area contributed by atoms with Crippen molar-refractivity contribution in [2.45, 2.75) is 33.1 Å². The summed E-state index contributed by atoms with van der Waals surface area (Å²) in [5.74, 6) is -0.254. The lowest BCUT2D eigenvalue weighted by Crippen LogP contribution is -2.24. The molecule has 1 aromatic rings. The smallest absolute Gasteiger partial charge is 0.404 e. The second-order valence-corrected chi connectivity index (χ2v) is 5.22. The van der Waals surface area contributed by atoms with Crippen LogP contribution in [0, 0.1) is 16.7 Å². The van der Waals surface area contributed by atoms with E-state index in [1.54, 1.807) is 6.07 Å². The summed E-state index contributed by atoms with van der Waals surface area (Å²) in [7, 11) is 0. The largest absolute Gasteiger partial charge is 0.573 e. The first-order valence-corrected chi connectivity index (χ1v) is 6.19. The maximum Gasteiger partial charge on any atom is 0.573 e. The second-order valence-electron chi connectivity index (χ2n) is 5.22. The molecular weight excluding hydrogens is 269 g/mol. The van der Waals surface area contributed by atoms with Gasteiger partial charge in [0.15, 0.2) is 5.75 Å². The molecule has 0 fully saturated rings. The van der Waals surface area contributed by atoms with Crippen LogP contribution in [-0.2, 0) is 0 Å². The predicted molar refractivity (Wildman–Crippen MR) is 70.2 cm³/mol. The van der Waals surface area contributed by atoms with Gasteiger partial charge in [0.1, 0.15) is 0 Å². The van der Waals surface area contributed by atoms with Crippen LogP contribution in [0.15, 0.2) is 24.3 Å². The number of hydrogen-bond acceptors (Lipinski definition) is 3. The Labute approximate surface area is 116 Å². The van der Waals surface area contributed by atoms with Crippen molar-refractivity contribution < 1.29 is 17.9 Å². The van der Waals surface area contributed by atoms with Crippen LogP contribution in [0.4, 0.5) is 18.9 Å². The van der Waals surface area contributed by atoms with Crippen LogP contribution in [0.1, 0.15) is 26.7 Å². The highest BCUT2D eigenvalue weighted by atomic mass is 19.4. The third-order valence-corrected chi connectivity index (χ3v) is 2.78. The van der Waals surface area contributed by atoms with Gasteiger partial charge in [-0.2, -0.15) is 5.26 Å². The third-order valence-electron chi connectivity index (χ3n) is 2.78. The van der Waals surface area contributed by atoms with Crippen LogP contribution in [0.5, 0.6) is 5.75 Å². The molecular formula is C14H17F3N2O. The van der Waals surface area contributed by atoms with Gasteiger partial charge < -0.3 is 10.1 Å². The fourth-order valence-electron chi connectivity index (χ4n) is 1.64. The Morgan fingerprint density at radius 2 is 1.90 bits per heavy atom. The molecule has 6 heteroatoms. The monoisotopic (exact) mass is 286 g/mol. The van der Waals surface area contributed by atoms with E-state index in [1.165, 1.54) is 18.2 Å². The van der Waals surface area contributed by atoms with Crippen molar-refractivity contribution in [1.29, 1.82) is 5.26 Å². The molecule has 110 valence electrons. The molecule has 0 saturated heterocycles. The van der Waals surface area contributed by atoms with Crippen LogP contribution in [0.2, 0.25) is 0 Å². The molecule has 0 amide bonds. The van der Waals surface area contributed by atoms with Gasteiger partial charge in [0.25, 0.3) is 0 Å². The van der Waals surface area contributed by atoms with Crippen LogP contribution in [0.25, 0.3) is 0 Å². The van der Waals surface area contributed by atoms with Gasteiger partial charge >= 0.3 is 6.36 Å². The van der Waals surface area contributed by atoms with Crippen LogP contribution >= 0.6 is 0 Å². The van der Waals surface area contributed by atoms with E-state index in [0.29, 0.717) is 19.4 Å². The van der Waals surface area contributed by atoms with Crippen LogP contribution < -0.4 is 10.1 Å². The molecule has 0 radical (unpaired) electrons. The maximum absolute atomic E-state index is 12.3. The van der Waals surface area contributed by atoms with E-state index in [1.807, 2.05) is 13.8 Å². The molecule has 0 unspecified atom stereocenters. The molecule has 1 rings (SSSR count). The minimum atomic E-state index is -4.71. The Morgan fingerprint density at radius 3 is 2.50 bits per heavy atom. The summed E-state index contributed by atoms with van der Waals surface area (Å²) in [4.78, 5) is 0. The Morgan fingerprint density at radius 1 is 1.25 bits per heavy atom. The number of hydrogen-bond donors (Lipinski definition) is 1. The number of anilines is 1. The summed E-state index contributed by atoms with van der Waals surface area (Å²) in [6.07, 6.45) is -3.64. The van der Waals surface area contributed by atoms with Gasteiger partial charge in [-0.25, -0.2) is 0 Å².